The van der Waals surface area contributed by atoms with E-state index in [1.807, 2.05) is 0 Å². The minimum Gasteiger partial charge on any atom is -0.338 e. The maximum atomic E-state index is 13.1. The lowest BCUT2D eigenvalue weighted by Crippen LogP contribution is -2.29. The third-order valence-electron chi connectivity index (χ3n) is 4.11. The largest absolute Gasteiger partial charge is 0.338 e. The highest BCUT2D eigenvalue weighted by atomic mass is 19.1. The molecule has 2 atom stereocenters. The lowest BCUT2D eigenvalue weighted by atomic mass is 9.93. The number of aryl methyl sites for hydroxylation is 1. The minimum absolute atomic E-state index is 0.106. The first-order valence-electron chi connectivity index (χ1n) is 7.26. The molecule has 23 heavy (non-hydrogen) atoms. The van der Waals surface area contributed by atoms with Gasteiger partial charge in [-0.3, -0.25) is 14.3 Å². The third-order valence-corrected chi connectivity index (χ3v) is 4.11. The second kappa shape index (κ2) is 5.83. The molecule has 3 rings (SSSR count). The van der Waals surface area contributed by atoms with Crippen molar-refractivity contribution in [3.8, 4) is 0 Å². The summed E-state index contributed by atoms with van der Waals surface area (Å²) in [7, 11) is 3.41. The van der Waals surface area contributed by atoms with Crippen LogP contribution in [0.25, 0.3) is 0 Å². The Labute approximate surface area is 132 Å². The fourth-order valence-electron chi connectivity index (χ4n) is 2.94. The third kappa shape index (κ3) is 2.94. The maximum absolute atomic E-state index is 13.1. The first-order chi connectivity index (χ1) is 11.0. The summed E-state index contributed by atoms with van der Waals surface area (Å²) in [5, 5.41) is 6.78. The molecule has 7 heteroatoms. The van der Waals surface area contributed by atoms with Crippen LogP contribution < -0.4 is 5.32 Å². The van der Waals surface area contributed by atoms with Gasteiger partial charge in [0.05, 0.1) is 23.8 Å². The summed E-state index contributed by atoms with van der Waals surface area (Å²) < 4.78 is 14.7. The van der Waals surface area contributed by atoms with Crippen LogP contribution in [-0.4, -0.2) is 33.5 Å². The van der Waals surface area contributed by atoms with Crippen LogP contribution in [0.3, 0.4) is 0 Å². The van der Waals surface area contributed by atoms with Crippen molar-refractivity contribution in [1.82, 2.24) is 14.7 Å². The predicted octanol–water partition coefficient (Wildman–Crippen LogP) is 1.72. The minimum atomic E-state index is -0.529. The van der Waals surface area contributed by atoms with Crippen molar-refractivity contribution in [1.29, 1.82) is 0 Å². The number of rotatable bonds is 3. The SMILES string of the molecule is CN1C(=O)CC(C(=O)Nc2cnn(C)c2)C1c1ccc(F)cc1. The zero-order chi connectivity index (χ0) is 16.6. The van der Waals surface area contributed by atoms with Crippen LogP contribution in [0, 0.1) is 11.7 Å². The molecule has 1 fully saturated rings. The lowest BCUT2D eigenvalue weighted by molar-refractivity contribution is -0.127. The number of nitrogens with one attached hydrogen (secondary N) is 1. The molecule has 0 spiro atoms. The van der Waals surface area contributed by atoms with Crippen LogP contribution in [0.5, 0.6) is 0 Å². The summed E-state index contributed by atoms with van der Waals surface area (Å²) >= 11 is 0. The number of likely N-dealkylation sites (tertiary alicyclic amines) is 1. The topological polar surface area (TPSA) is 67.2 Å². The zero-order valence-corrected chi connectivity index (χ0v) is 12.9. The van der Waals surface area contributed by atoms with Gasteiger partial charge in [0, 0.05) is 26.7 Å². The van der Waals surface area contributed by atoms with Gasteiger partial charge in [-0.05, 0) is 17.7 Å². The number of benzene rings is 1. The Morgan fingerprint density at radius 2 is 2.00 bits per heavy atom. The molecule has 2 aromatic rings. The van der Waals surface area contributed by atoms with Crippen molar-refractivity contribution in [2.24, 2.45) is 13.0 Å². The van der Waals surface area contributed by atoms with E-state index in [0.717, 1.165) is 5.56 Å². The van der Waals surface area contributed by atoms with Crippen molar-refractivity contribution in [2.75, 3.05) is 12.4 Å². The van der Waals surface area contributed by atoms with Crippen LogP contribution >= 0.6 is 0 Å². The number of carbonyl (C=O) groups excluding carboxylic acids is 2. The molecule has 6 nitrogen and oxygen atoms in total. The van der Waals surface area contributed by atoms with Crippen LogP contribution in [0.15, 0.2) is 36.7 Å². The Hall–Kier alpha value is -2.70. The van der Waals surface area contributed by atoms with E-state index in [2.05, 4.69) is 10.4 Å². The number of hydrogen-bond donors (Lipinski definition) is 1. The van der Waals surface area contributed by atoms with E-state index in [4.69, 9.17) is 0 Å². The summed E-state index contributed by atoms with van der Waals surface area (Å²) in [5.74, 6) is -1.23. The maximum Gasteiger partial charge on any atom is 0.230 e. The monoisotopic (exact) mass is 316 g/mol. The summed E-state index contributed by atoms with van der Waals surface area (Å²) in [4.78, 5) is 26.2. The molecule has 2 unspecified atom stereocenters. The molecule has 120 valence electrons. The molecule has 2 heterocycles. The van der Waals surface area contributed by atoms with Gasteiger partial charge in [0.25, 0.3) is 0 Å². The van der Waals surface area contributed by atoms with Crippen molar-refractivity contribution in [3.05, 3.63) is 48.0 Å². The molecule has 0 saturated carbocycles. The van der Waals surface area contributed by atoms with Gasteiger partial charge < -0.3 is 10.2 Å². The highest BCUT2D eigenvalue weighted by molar-refractivity contribution is 5.97. The summed E-state index contributed by atoms with van der Waals surface area (Å²) in [6.45, 7) is 0. The first-order valence-corrected chi connectivity index (χ1v) is 7.26. The molecule has 0 bridgehead atoms. The average molecular weight is 316 g/mol. The fourth-order valence-corrected chi connectivity index (χ4v) is 2.94. The highest BCUT2D eigenvalue weighted by Gasteiger charge is 2.42. The van der Waals surface area contributed by atoms with Crippen LogP contribution in [0.4, 0.5) is 10.1 Å². The smallest absolute Gasteiger partial charge is 0.230 e. The van der Waals surface area contributed by atoms with Gasteiger partial charge in [0.1, 0.15) is 5.82 Å². The number of carbonyl (C=O) groups is 2. The Morgan fingerprint density at radius 3 is 2.61 bits per heavy atom. The molecule has 2 amide bonds. The Morgan fingerprint density at radius 1 is 1.30 bits per heavy atom. The molecule has 1 aromatic carbocycles. The van der Waals surface area contributed by atoms with Gasteiger partial charge in [0.15, 0.2) is 0 Å². The number of nitrogens with zero attached hydrogens (tertiary/aromatic N) is 3. The van der Waals surface area contributed by atoms with E-state index in [0.29, 0.717) is 5.69 Å². The Kier molecular flexibility index (Phi) is 3.85. The summed E-state index contributed by atoms with van der Waals surface area (Å²) in [6, 6.07) is 5.49. The van der Waals surface area contributed by atoms with Crippen LogP contribution in [-0.2, 0) is 16.6 Å². The van der Waals surface area contributed by atoms with Crippen molar-refractivity contribution in [2.45, 2.75) is 12.5 Å². The van der Waals surface area contributed by atoms with Gasteiger partial charge in [-0.2, -0.15) is 5.10 Å². The van der Waals surface area contributed by atoms with Gasteiger partial charge in [0.2, 0.25) is 11.8 Å². The van der Waals surface area contributed by atoms with E-state index in [1.54, 1.807) is 48.2 Å². The second-order valence-electron chi connectivity index (χ2n) is 5.70. The van der Waals surface area contributed by atoms with Crippen LogP contribution in [0.1, 0.15) is 18.0 Å². The lowest BCUT2D eigenvalue weighted by Gasteiger charge is -2.24. The van der Waals surface area contributed by atoms with Gasteiger partial charge in [-0.1, -0.05) is 12.1 Å². The molecule has 1 saturated heterocycles. The molecule has 1 aromatic heterocycles. The van der Waals surface area contributed by atoms with Crippen molar-refractivity contribution < 1.29 is 14.0 Å². The molecule has 0 radical (unpaired) electrons. The number of amides is 2. The second-order valence-corrected chi connectivity index (χ2v) is 5.70. The van der Waals surface area contributed by atoms with E-state index >= 15 is 0 Å². The summed E-state index contributed by atoms with van der Waals surface area (Å²) in [5.41, 5.74) is 1.32. The normalized spacial score (nSPS) is 20.8. The van der Waals surface area contributed by atoms with Gasteiger partial charge in [-0.25, -0.2) is 4.39 Å². The molecule has 0 aliphatic carbocycles. The molecular formula is C16H17FN4O2. The fraction of sp³-hybridized carbons (Fsp3) is 0.312. The standard InChI is InChI=1S/C16H17FN4O2/c1-20-9-12(8-18-20)19-16(23)13-7-14(22)21(2)15(13)10-3-5-11(17)6-4-10/h3-6,8-9,13,15H,7H2,1-2H3,(H,19,23). The molecule has 1 aliphatic rings. The molecule has 1 aliphatic heterocycles. The van der Waals surface area contributed by atoms with E-state index in [-0.39, 0.29) is 24.1 Å². The van der Waals surface area contributed by atoms with E-state index in [9.17, 15) is 14.0 Å². The van der Waals surface area contributed by atoms with E-state index in [1.165, 1.54) is 12.1 Å². The van der Waals surface area contributed by atoms with Crippen molar-refractivity contribution in [3.63, 3.8) is 0 Å². The zero-order valence-electron chi connectivity index (χ0n) is 12.9. The number of hydrogen-bond acceptors (Lipinski definition) is 3. The number of halogens is 1. The van der Waals surface area contributed by atoms with Gasteiger partial charge >= 0.3 is 0 Å². The Balaban J connectivity index is 1.85. The van der Waals surface area contributed by atoms with Gasteiger partial charge in [-0.15, -0.1) is 0 Å². The summed E-state index contributed by atoms with van der Waals surface area (Å²) in [6.07, 6.45) is 3.36. The Bertz CT molecular complexity index is 741. The quantitative estimate of drug-likeness (QED) is 0.937. The van der Waals surface area contributed by atoms with E-state index < -0.39 is 12.0 Å². The highest BCUT2D eigenvalue weighted by Crippen LogP contribution is 2.37. The first kappa shape index (κ1) is 15.2. The number of aromatic nitrogens is 2. The molecule has 1 N–H and O–H groups in total. The van der Waals surface area contributed by atoms with Crippen LogP contribution in [0.2, 0.25) is 0 Å². The predicted molar refractivity (Wildman–Crippen MR) is 81.9 cm³/mol. The average Bonchev–Trinajstić information content (AvgIpc) is 3.05. The van der Waals surface area contributed by atoms with Crippen molar-refractivity contribution >= 4 is 17.5 Å². The molecular weight excluding hydrogens is 299 g/mol. The number of anilines is 1.